The van der Waals surface area contributed by atoms with Crippen molar-refractivity contribution >= 4 is 11.7 Å². The molecule has 0 saturated carbocycles. The first-order valence-corrected chi connectivity index (χ1v) is 9.16. The van der Waals surface area contributed by atoms with Crippen molar-refractivity contribution in [3.63, 3.8) is 0 Å². The maximum Gasteiger partial charge on any atom is 0.387 e. The molecule has 8 heteroatoms. The number of likely N-dealkylation sites (tertiary alicyclic amines) is 1. The van der Waals surface area contributed by atoms with Crippen LogP contribution < -0.4 is 10.1 Å². The van der Waals surface area contributed by atoms with Gasteiger partial charge in [-0.25, -0.2) is 0 Å². The molecule has 0 spiro atoms. The van der Waals surface area contributed by atoms with Crippen molar-refractivity contribution in [1.29, 1.82) is 0 Å². The van der Waals surface area contributed by atoms with E-state index in [-0.39, 0.29) is 11.7 Å². The van der Waals surface area contributed by atoms with E-state index in [9.17, 15) is 13.6 Å². The van der Waals surface area contributed by atoms with Crippen LogP contribution >= 0.6 is 0 Å². The molecule has 2 heterocycles. The number of alkyl halides is 2. The zero-order valence-electron chi connectivity index (χ0n) is 15.3. The van der Waals surface area contributed by atoms with Crippen molar-refractivity contribution in [2.45, 2.75) is 45.3 Å². The Bertz CT molecular complexity index is 748. The summed E-state index contributed by atoms with van der Waals surface area (Å²) in [5, 5.41) is 9.73. The SMILES string of the molecule is C[C@H]1CCCN1CCCC(=O)Nc1cc(-c2ccc(OC(F)F)cc2)n[nH]1. The molecule has 146 valence electrons. The van der Waals surface area contributed by atoms with E-state index in [2.05, 4.69) is 32.1 Å². The average molecular weight is 378 g/mol. The zero-order valence-corrected chi connectivity index (χ0v) is 15.3. The van der Waals surface area contributed by atoms with E-state index in [1.807, 2.05) is 0 Å². The number of amides is 1. The van der Waals surface area contributed by atoms with Gasteiger partial charge in [-0.1, -0.05) is 0 Å². The molecule has 1 aliphatic rings. The second-order valence-corrected chi connectivity index (χ2v) is 6.75. The first-order chi connectivity index (χ1) is 13.0. The number of carbonyl (C=O) groups is 1. The number of nitrogens with one attached hydrogen (secondary N) is 2. The van der Waals surface area contributed by atoms with E-state index in [0.29, 0.717) is 24.0 Å². The van der Waals surface area contributed by atoms with Gasteiger partial charge in [0.05, 0.1) is 5.69 Å². The van der Waals surface area contributed by atoms with Crippen molar-refractivity contribution in [2.24, 2.45) is 0 Å². The smallest absolute Gasteiger partial charge is 0.387 e. The molecule has 6 nitrogen and oxygen atoms in total. The molecule has 1 aromatic heterocycles. The van der Waals surface area contributed by atoms with Gasteiger partial charge >= 0.3 is 6.61 Å². The molecule has 2 aromatic rings. The number of anilines is 1. The molecule has 1 fully saturated rings. The van der Waals surface area contributed by atoms with Crippen molar-refractivity contribution in [3.05, 3.63) is 30.3 Å². The Morgan fingerprint density at radius 1 is 1.41 bits per heavy atom. The number of H-pyrrole nitrogens is 1. The fourth-order valence-corrected chi connectivity index (χ4v) is 3.32. The van der Waals surface area contributed by atoms with Crippen LogP contribution in [0.2, 0.25) is 0 Å². The number of aromatic nitrogens is 2. The van der Waals surface area contributed by atoms with Crippen molar-refractivity contribution in [3.8, 4) is 17.0 Å². The number of aromatic amines is 1. The molecule has 0 aliphatic carbocycles. The highest BCUT2D eigenvalue weighted by Crippen LogP contribution is 2.23. The Kier molecular flexibility index (Phi) is 6.39. The van der Waals surface area contributed by atoms with Crippen molar-refractivity contribution in [1.82, 2.24) is 15.1 Å². The summed E-state index contributed by atoms with van der Waals surface area (Å²) in [7, 11) is 0. The van der Waals surface area contributed by atoms with E-state index in [1.165, 1.54) is 25.0 Å². The fraction of sp³-hybridized carbons (Fsp3) is 0.474. The first-order valence-electron chi connectivity index (χ1n) is 9.16. The van der Waals surface area contributed by atoms with Crippen LogP contribution in [0.25, 0.3) is 11.3 Å². The van der Waals surface area contributed by atoms with E-state index in [4.69, 9.17) is 0 Å². The van der Waals surface area contributed by atoms with Crippen LogP contribution in [-0.2, 0) is 4.79 Å². The largest absolute Gasteiger partial charge is 0.435 e. The first kappa shape index (κ1) is 19.3. The number of ether oxygens (including phenoxy) is 1. The molecule has 0 radical (unpaired) electrons. The molecule has 27 heavy (non-hydrogen) atoms. The third-order valence-electron chi connectivity index (χ3n) is 4.77. The standard InChI is InChI=1S/C19H24F2N4O2/c1-13-4-2-10-25(13)11-3-5-18(26)22-17-12-16(23-24-17)14-6-8-15(9-7-14)27-19(20)21/h6-9,12-13,19H,2-5,10-11H2,1H3,(H2,22,23,24,26)/t13-/m0/s1. The summed E-state index contributed by atoms with van der Waals surface area (Å²) in [5.74, 6) is 0.542. The maximum atomic E-state index is 12.2. The van der Waals surface area contributed by atoms with Gasteiger partial charge < -0.3 is 15.0 Å². The lowest BCUT2D eigenvalue weighted by Gasteiger charge is -2.20. The average Bonchev–Trinajstić information content (AvgIpc) is 3.24. The van der Waals surface area contributed by atoms with Crippen LogP contribution in [0.5, 0.6) is 5.75 Å². The number of halogens is 2. The van der Waals surface area contributed by atoms with Gasteiger partial charge in [-0.05, 0) is 63.5 Å². The lowest BCUT2D eigenvalue weighted by atomic mass is 10.1. The Balaban J connectivity index is 1.47. The van der Waals surface area contributed by atoms with Gasteiger partial charge in [0.1, 0.15) is 11.6 Å². The molecule has 1 aromatic carbocycles. The Hall–Kier alpha value is -2.48. The van der Waals surface area contributed by atoms with Gasteiger partial charge in [-0.15, -0.1) is 0 Å². The van der Waals surface area contributed by atoms with Gasteiger partial charge in [0, 0.05) is 24.1 Å². The number of rotatable bonds is 8. The Labute approximate surface area is 156 Å². The van der Waals surface area contributed by atoms with Gasteiger partial charge in [0.25, 0.3) is 0 Å². The summed E-state index contributed by atoms with van der Waals surface area (Å²) in [4.78, 5) is 14.5. The van der Waals surface area contributed by atoms with E-state index < -0.39 is 6.61 Å². The van der Waals surface area contributed by atoms with Crippen LogP contribution in [-0.4, -0.2) is 46.7 Å². The zero-order chi connectivity index (χ0) is 19.2. The van der Waals surface area contributed by atoms with Crippen molar-refractivity contribution < 1.29 is 18.3 Å². The van der Waals surface area contributed by atoms with Gasteiger partial charge in [-0.2, -0.15) is 13.9 Å². The van der Waals surface area contributed by atoms with Crippen molar-refractivity contribution in [2.75, 3.05) is 18.4 Å². The highest BCUT2D eigenvalue weighted by molar-refractivity contribution is 5.90. The summed E-state index contributed by atoms with van der Waals surface area (Å²) < 4.78 is 28.7. The number of benzene rings is 1. The molecule has 1 saturated heterocycles. The van der Waals surface area contributed by atoms with Crippen LogP contribution in [0.15, 0.2) is 30.3 Å². The summed E-state index contributed by atoms with van der Waals surface area (Å²) >= 11 is 0. The summed E-state index contributed by atoms with van der Waals surface area (Å²) in [6.07, 6.45) is 3.75. The second kappa shape index (κ2) is 8.94. The minimum absolute atomic E-state index is 0.0577. The summed E-state index contributed by atoms with van der Waals surface area (Å²) in [5.41, 5.74) is 1.34. The molecule has 2 N–H and O–H groups in total. The monoisotopic (exact) mass is 378 g/mol. The maximum absolute atomic E-state index is 12.2. The molecule has 0 unspecified atom stereocenters. The number of nitrogens with zero attached hydrogens (tertiary/aromatic N) is 2. The second-order valence-electron chi connectivity index (χ2n) is 6.75. The molecule has 0 bridgehead atoms. The molecular weight excluding hydrogens is 354 g/mol. The predicted molar refractivity (Wildman–Crippen MR) is 98.8 cm³/mol. The highest BCUT2D eigenvalue weighted by Gasteiger charge is 2.19. The van der Waals surface area contributed by atoms with Crippen LogP contribution in [0.4, 0.5) is 14.6 Å². The molecular formula is C19H24F2N4O2. The Morgan fingerprint density at radius 3 is 2.85 bits per heavy atom. The van der Waals surface area contributed by atoms with E-state index >= 15 is 0 Å². The molecule has 3 rings (SSSR count). The lowest BCUT2D eigenvalue weighted by Crippen LogP contribution is -2.28. The summed E-state index contributed by atoms with van der Waals surface area (Å²) in [6, 6.07) is 8.50. The fourth-order valence-electron chi connectivity index (χ4n) is 3.32. The number of hydrogen-bond acceptors (Lipinski definition) is 4. The van der Waals surface area contributed by atoms with Gasteiger partial charge in [0.15, 0.2) is 0 Å². The highest BCUT2D eigenvalue weighted by atomic mass is 19.3. The third-order valence-corrected chi connectivity index (χ3v) is 4.77. The molecule has 1 atom stereocenters. The minimum Gasteiger partial charge on any atom is -0.435 e. The molecule has 1 amide bonds. The van der Waals surface area contributed by atoms with Crippen LogP contribution in [0.3, 0.4) is 0 Å². The number of carbonyl (C=O) groups excluding carboxylic acids is 1. The molecule has 1 aliphatic heterocycles. The van der Waals surface area contributed by atoms with Crippen LogP contribution in [0, 0.1) is 0 Å². The van der Waals surface area contributed by atoms with E-state index in [0.717, 1.165) is 25.1 Å². The lowest BCUT2D eigenvalue weighted by molar-refractivity contribution is -0.116. The van der Waals surface area contributed by atoms with Crippen LogP contribution in [0.1, 0.15) is 32.6 Å². The third kappa shape index (κ3) is 5.50. The quantitative estimate of drug-likeness (QED) is 0.731. The Morgan fingerprint density at radius 2 is 2.19 bits per heavy atom. The topological polar surface area (TPSA) is 70.2 Å². The predicted octanol–water partition coefficient (Wildman–Crippen LogP) is 3.88. The van der Waals surface area contributed by atoms with E-state index in [1.54, 1.807) is 18.2 Å². The minimum atomic E-state index is -2.85. The normalized spacial score (nSPS) is 17.4. The number of hydrogen-bond donors (Lipinski definition) is 2. The van der Waals surface area contributed by atoms with Gasteiger partial charge in [0.2, 0.25) is 5.91 Å². The summed E-state index contributed by atoms with van der Waals surface area (Å²) in [6.45, 7) is 1.44. The van der Waals surface area contributed by atoms with Gasteiger partial charge in [-0.3, -0.25) is 9.89 Å².